The van der Waals surface area contributed by atoms with E-state index in [9.17, 15) is 4.79 Å². The number of aryl methyl sites for hydroxylation is 1. The molecule has 1 aromatic rings. The number of hydrogen-bond acceptors (Lipinski definition) is 3. The molecule has 0 radical (unpaired) electrons. The van der Waals surface area contributed by atoms with E-state index in [1.54, 1.807) is 11.8 Å². The van der Waals surface area contributed by atoms with Crippen LogP contribution in [0.3, 0.4) is 0 Å². The van der Waals surface area contributed by atoms with Crippen LogP contribution in [0.25, 0.3) is 0 Å². The number of anilines is 1. The number of carboxylic acid groups (broad SMARTS) is 1. The standard InChI is InChI=1S/C14H19NO2S/c1-4-10-6-5-7-11-14(10)15(3)9(2)12(18-11)8-13(16)17/h5-7,9,12H,4,8H2,1-3H3,(H,16,17). The van der Waals surface area contributed by atoms with Gasteiger partial charge in [0, 0.05) is 23.2 Å². The lowest BCUT2D eigenvalue weighted by Crippen LogP contribution is -2.42. The Kier molecular flexibility index (Phi) is 3.85. The second kappa shape index (κ2) is 5.22. The van der Waals surface area contributed by atoms with Crippen molar-refractivity contribution in [3.05, 3.63) is 23.8 Å². The summed E-state index contributed by atoms with van der Waals surface area (Å²) >= 11 is 1.70. The SMILES string of the molecule is CCc1cccc2c1N(C)C(C)C(CC(=O)O)S2. The molecule has 3 nitrogen and oxygen atoms in total. The van der Waals surface area contributed by atoms with E-state index in [4.69, 9.17) is 5.11 Å². The molecule has 0 aliphatic carbocycles. The maximum Gasteiger partial charge on any atom is 0.304 e. The second-order valence-corrected chi connectivity index (χ2v) is 6.00. The summed E-state index contributed by atoms with van der Waals surface area (Å²) < 4.78 is 0. The number of para-hydroxylation sites is 1. The summed E-state index contributed by atoms with van der Waals surface area (Å²) in [6.45, 7) is 4.26. The number of aliphatic carboxylic acids is 1. The first-order valence-corrected chi connectivity index (χ1v) is 7.15. The molecule has 98 valence electrons. The summed E-state index contributed by atoms with van der Waals surface area (Å²) in [5.74, 6) is -0.720. The smallest absolute Gasteiger partial charge is 0.304 e. The average Bonchev–Trinajstić information content (AvgIpc) is 2.34. The van der Waals surface area contributed by atoms with Gasteiger partial charge < -0.3 is 10.0 Å². The van der Waals surface area contributed by atoms with Gasteiger partial charge in [0.25, 0.3) is 0 Å². The number of fused-ring (bicyclic) bond motifs is 1. The number of nitrogens with zero attached hydrogens (tertiary/aromatic N) is 1. The fraction of sp³-hybridized carbons (Fsp3) is 0.500. The number of thioether (sulfide) groups is 1. The van der Waals surface area contributed by atoms with Crippen molar-refractivity contribution in [3.8, 4) is 0 Å². The van der Waals surface area contributed by atoms with E-state index in [1.807, 2.05) is 0 Å². The van der Waals surface area contributed by atoms with Gasteiger partial charge >= 0.3 is 5.97 Å². The molecular weight excluding hydrogens is 246 g/mol. The summed E-state index contributed by atoms with van der Waals surface area (Å²) in [4.78, 5) is 14.4. The fourth-order valence-corrected chi connectivity index (χ4v) is 3.92. The van der Waals surface area contributed by atoms with Crippen molar-refractivity contribution in [2.45, 2.75) is 42.9 Å². The maximum atomic E-state index is 10.9. The van der Waals surface area contributed by atoms with Gasteiger partial charge in [-0.15, -0.1) is 11.8 Å². The molecule has 0 bridgehead atoms. The van der Waals surface area contributed by atoms with Gasteiger partial charge in [-0.25, -0.2) is 0 Å². The van der Waals surface area contributed by atoms with Crippen LogP contribution < -0.4 is 4.90 Å². The van der Waals surface area contributed by atoms with Crippen molar-refractivity contribution in [3.63, 3.8) is 0 Å². The predicted octanol–water partition coefficient (Wildman–Crippen LogP) is 3.02. The van der Waals surface area contributed by atoms with E-state index in [0.717, 1.165) is 6.42 Å². The van der Waals surface area contributed by atoms with Crippen molar-refractivity contribution in [2.75, 3.05) is 11.9 Å². The second-order valence-electron chi connectivity index (χ2n) is 4.72. The van der Waals surface area contributed by atoms with Crippen LogP contribution >= 0.6 is 11.8 Å². The lowest BCUT2D eigenvalue weighted by molar-refractivity contribution is -0.137. The third-order valence-corrected chi connectivity index (χ3v) is 5.07. The van der Waals surface area contributed by atoms with Crippen molar-refractivity contribution in [2.24, 2.45) is 0 Å². The first-order valence-electron chi connectivity index (χ1n) is 6.27. The van der Waals surface area contributed by atoms with Crippen LogP contribution in [0.5, 0.6) is 0 Å². The lowest BCUT2D eigenvalue weighted by atomic mass is 10.1. The molecule has 0 amide bonds. The number of carbonyl (C=O) groups is 1. The Hall–Kier alpha value is -1.16. The highest BCUT2D eigenvalue weighted by Crippen LogP contribution is 2.43. The predicted molar refractivity (Wildman–Crippen MR) is 75.6 cm³/mol. The Morgan fingerprint density at radius 3 is 2.83 bits per heavy atom. The lowest BCUT2D eigenvalue weighted by Gasteiger charge is -2.40. The highest BCUT2D eigenvalue weighted by atomic mass is 32.2. The van der Waals surface area contributed by atoms with Gasteiger partial charge in [-0.3, -0.25) is 4.79 Å². The quantitative estimate of drug-likeness (QED) is 0.912. The minimum absolute atomic E-state index is 0.118. The molecule has 0 spiro atoms. The Morgan fingerprint density at radius 1 is 1.50 bits per heavy atom. The van der Waals surface area contributed by atoms with Crippen LogP contribution in [0.1, 0.15) is 25.8 Å². The van der Waals surface area contributed by atoms with Gasteiger partial charge in [-0.2, -0.15) is 0 Å². The van der Waals surface area contributed by atoms with Crippen LogP contribution in [0.15, 0.2) is 23.1 Å². The van der Waals surface area contributed by atoms with Gasteiger partial charge in [-0.1, -0.05) is 19.1 Å². The largest absolute Gasteiger partial charge is 0.481 e. The molecule has 1 aliphatic rings. The number of rotatable bonds is 3. The highest BCUT2D eigenvalue weighted by Gasteiger charge is 2.32. The average molecular weight is 265 g/mol. The van der Waals surface area contributed by atoms with E-state index >= 15 is 0 Å². The molecule has 0 aromatic heterocycles. The van der Waals surface area contributed by atoms with Crippen LogP contribution in [0.2, 0.25) is 0 Å². The topological polar surface area (TPSA) is 40.5 Å². The molecule has 0 saturated carbocycles. The summed E-state index contributed by atoms with van der Waals surface area (Å²) in [5.41, 5.74) is 2.61. The number of carboxylic acids is 1. The van der Waals surface area contributed by atoms with Crippen molar-refractivity contribution < 1.29 is 9.90 Å². The molecule has 0 fully saturated rings. The zero-order chi connectivity index (χ0) is 13.3. The van der Waals surface area contributed by atoms with Gasteiger partial charge in [0.05, 0.1) is 12.1 Å². The third kappa shape index (κ3) is 2.34. The van der Waals surface area contributed by atoms with Gasteiger partial charge in [0.1, 0.15) is 0 Å². The minimum Gasteiger partial charge on any atom is -0.481 e. The number of benzene rings is 1. The van der Waals surface area contributed by atoms with Crippen molar-refractivity contribution in [1.82, 2.24) is 0 Å². The molecule has 4 heteroatoms. The summed E-state index contributed by atoms with van der Waals surface area (Å²) in [5, 5.41) is 9.10. The minimum atomic E-state index is -0.720. The van der Waals surface area contributed by atoms with Gasteiger partial charge in [-0.05, 0) is 25.0 Å². The van der Waals surface area contributed by atoms with E-state index in [0.29, 0.717) is 0 Å². The first kappa shape index (κ1) is 13.3. The molecule has 2 rings (SSSR count). The summed E-state index contributed by atoms with van der Waals surface area (Å²) in [6.07, 6.45) is 1.22. The molecule has 0 saturated heterocycles. The van der Waals surface area contributed by atoms with Crippen LogP contribution in [-0.2, 0) is 11.2 Å². The first-order chi connectivity index (χ1) is 8.54. The Labute approximate surface area is 112 Å². The normalized spacial score (nSPS) is 22.7. The third-order valence-electron chi connectivity index (χ3n) is 3.62. The molecular formula is C14H19NO2S. The molecule has 1 aromatic carbocycles. The molecule has 1 heterocycles. The molecule has 18 heavy (non-hydrogen) atoms. The zero-order valence-corrected chi connectivity index (χ0v) is 11.8. The molecule has 2 atom stereocenters. The highest BCUT2D eigenvalue weighted by molar-refractivity contribution is 8.00. The van der Waals surface area contributed by atoms with E-state index in [2.05, 4.69) is 44.0 Å². The Morgan fingerprint density at radius 2 is 2.22 bits per heavy atom. The van der Waals surface area contributed by atoms with Crippen molar-refractivity contribution in [1.29, 1.82) is 0 Å². The Bertz CT molecular complexity index is 461. The monoisotopic (exact) mass is 265 g/mol. The van der Waals surface area contributed by atoms with Crippen LogP contribution in [0.4, 0.5) is 5.69 Å². The summed E-state index contributed by atoms with van der Waals surface area (Å²) in [6, 6.07) is 6.55. The molecule has 1 N–H and O–H groups in total. The van der Waals surface area contributed by atoms with E-state index in [1.165, 1.54) is 16.1 Å². The summed E-state index contributed by atoms with van der Waals surface area (Å²) in [7, 11) is 2.07. The van der Waals surface area contributed by atoms with Gasteiger partial charge in [0.15, 0.2) is 0 Å². The number of hydrogen-bond donors (Lipinski definition) is 1. The maximum absolute atomic E-state index is 10.9. The van der Waals surface area contributed by atoms with Crippen LogP contribution in [0, 0.1) is 0 Å². The molecule has 2 unspecified atom stereocenters. The van der Waals surface area contributed by atoms with E-state index in [-0.39, 0.29) is 17.7 Å². The molecule has 1 aliphatic heterocycles. The zero-order valence-electron chi connectivity index (χ0n) is 11.0. The van der Waals surface area contributed by atoms with E-state index < -0.39 is 5.97 Å². The Balaban J connectivity index is 2.37. The fourth-order valence-electron chi connectivity index (χ4n) is 2.45. The van der Waals surface area contributed by atoms with Crippen LogP contribution in [-0.4, -0.2) is 29.4 Å². The van der Waals surface area contributed by atoms with Gasteiger partial charge in [0.2, 0.25) is 0 Å². The van der Waals surface area contributed by atoms with Crippen molar-refractivity contribution >= 4 is 23.4 Å².